The molecule has 0 aromatic heterocycles. The topological polar surface area (TPSA) is 103 Å². The van der Waals surface area contributed by atoms with Gasteiger partial charge in [0.25, 0.3) is 15.9 Å². The maximum atomic E-state index is 13.0. The lowest BCUT2D eigenvalue weighted by atomic mass is 10.1. The summed E-state index contributed by atoms with van der Waals surface area (Å²) in [6, 6.07) is 10.9. The first kappa shape index (κ1) is 22.9. The molecule has 9 heteroatoms. The van der Waals surface area contributed by atoms with E-state index in [2.05, 4.69) is 10.0 Å². The van der Waals surface area contributed by atoms with Crippen molar-refractivity contribution >= 4 is 21.6 Å². The number of carbonyl (C=O) groups is 1. The van der Waals surface area contributed by atoms with Crippen LogP contribution >= 0.6 is 0 Å². The molecule has 0 unspecified atom stereocenters. The first-order valence-corrected chi connectivity index (χ1v) is 11.8. The molecule has 168 valence electrons. The number of carbonyl (C=O) groups excluding carboxylic acids is 1. The molecule has 2 aromatic rings. The molecule has 1 aliphatic heterocycles. The van der Waals surface area contributed by atoms with Crippen LogP contribution in [0.25, 0.3) is 0 Å². The fraction of sp³-hybridized carbons (Fsp3) is 0.409. The summed E-state index contributed by atoms with van der Waals surface area (Å²) in [6.07, 6.45) is 1.87. The van der Waals surface area contributed by atoms with Crippen LogP contribution in [0, 0.1) is 0 Å². The van der Waals surface area contributed by atoms with E-state index in [-0.39, 0.29) is 28.2 Å². The molecule has 0 saturated carbocycles. The van der Waals surface area contributed by atoms with Crippen molar-refractivity contribution in [1.29, 1.82) is 0 Å². The van der Waals surface area contributed by atoms with E-state index in [1.807, 2.05) is 6.92 Å². The maximum absolute atomic E-state index is 13.0. The molecule has 0 spiro atoms. The second-order valence-electron chi connectivity index (χ2n) is 6.97. The molecule has 3 rings (SSSR count). The van der Waals surface area contributed by atoms with Gasteiger partial charge in [-0.15, -0.1) is 0 Å². The third-order valence-corrected chi connectivity index (χ3v) is 6.12. The Morgan fingerprint density at radius 2 is 1.84 bits per heavy atom. The summed E-state index contributed by atoms with van der Waals surface area (Å²) < 4.78 is 45.1. The molecule has 2 N–H and O–H groups in total. The summed E-state index contributed by atoms with van der Waals surface area (Å²) in [6.45, 7) is 5.52. The lowest BCUT2D eigenvalue weighted by Crippen LogP contribution is -2.32. The number of para-hydroxylation sites is 1. The normalized spacial score (nSPS) is 16.0. The number of hydrogen-bond acceptors (Lipinski definition) is 6. The van der Waals surface area contributed by atoms with Gasteiger partial charge in [-0.1, -0.05) is 12.1 Å². The predicted octanol–water partition coefficient (Wildman–Crippen LogP) is 3.19. The van der Waals surface area contributed by atoms with Crippen molar-refractivity contribution in [1.82, 2.24) is 5.32 Å². The van der Waals surface area contributed by atoms with Crippen LogP contribution in [-0.4, -0.2) is 46.8 Å². The van der Waals surface area contributed by atoms with E-state index < -0.39 is 10.0 Å². The van der Waals surface area contributed by atoms with Gasteiger partial charge in [0.05, 0.1) is 35.5 Å². The first-order chi connectivity index (χ1) is 14.9. The van der Waals surface area contributed by atoms with E-state index in [1.54, 1.807) is 37.3 Å². The third kappa shape index (κ3) is 5.89. The van der Waals surface area contributed by atoms with Crippen LogP contribution in [0.5, 0.6) is 11.5 Å². The summed E-state index contributed by atoms with van der Waals surface area (Å²) >= 11 is 0. The Labute approximate surface area is 182 Å². The highest BCUT2D eigenvalue weighted by Crippen LogP contribution is 2.31. The molecule has 1 amide bonds. The summed E-state index contributed by atoms with van der Waals surface area (Å²) in [5.74, 6) is 0.447. The first-order valence-electron chi connectivity index (χ1n) is 10.4. The molecular formula is C22H28N2O6S. The van der Waals surface area contributed by atoms with E-state index in [0.717, 1.165) is 12.8 Å². The highest BCUT2D eigenvalue weighted by Gasteiger charge is 2.22. The second-order valence-corrected chi connectivity index (χ2v) is 8.65. The van der Waals surface area contributed by atoms with Crippen LogP contribution < -0.4 is 19.5 Å². The zero-order valence-corrected chi connectivity index (χ0v) is 18.5. The smallest absolute Gasteiger partial charge is 0.262 e. The van der Waals surface area contributed by atoms with Gasteiger partial charge < -0.3 is 19.5 Å². The van der Waals surface area contributed by atoms with E-state index in [1.165, 1.54) is 12.1 Å². The largest absolute Gasteiger partial charge is 0.490 e. The number of hydrogen-bond donors (Lipinski definition) is 2. The summed E-state index contributed by atoms with van der Waals surface area (Å²) in [7, 11) is -3.96. The molecule has 0 bridgehead atoms. The van der Waals surface area contributed by atoms with Gasteiger partial charge in [0.15, 0.2) is 11.5 Å². The zero-order valence-electron chi connectivity index (χ0n) is 17.7. The minimum absolute atomic E-state index is 0.00588. The van der Waals surface area contributed by atoms with Crippen molar-refractivity contribution in [2.45, 2.75) is 37.7 Å². The number of sulfonamides is 1. The van der Waals surface area contributed by atoms with Crippen LogP contribution in [0.2, 0.25) is 0 Å². The zero-order chi connectivity index (χ0) is 22.3. The van der Waals surface area contributed by atoms with Crippen LogP contribution in [0.1, 0.15) is 37.0 Å². The SMILES string of the molecule is CCOc1ccc(S(=O)(=O)Nc2ccccc2C(=O)NC[C@H]2CCCO2)cc1OCC. The lowest BCUT2D eigenvalue weighted by molar-refractivity contribution is 0.0858. The number of nitrogens with one attached hydrogen (secondary N) is 2. The second kappa shape index (κ2) is 10.5. The van der Waals surface area contributed by atoms with Crippen LogP contribution in [0.4, 0.5) is 5.69 Å². The van der Waals surface area contributed by atoms with E-state index >= 15 is 0 Å². The van der Waals surface area contributed by atoms with Crippen LogP contribution in [-0.2, 0) is 14.8 Å². The highest BCUT2D eigenvalue weighted by atomic mass is 32.2. The monoisotopic (exact) mass is 448 g/mol. The van der Waals surface area contributed by atoms with Crippen LogP contribution in [0.15, 0.2) is 47.4 Å². The Balaban J connectivity index is 1.80. The Morgan fingerprint density at radius 3 is 2.55 bits per heavy atom. The minimum atomic E-state index is -3.96. The summed E-state index contributed by atoms with van der Waals surface area (Å²) in [5, 5.41) is 2.82. The summed E-state index contributed by atoms with van der Waals surface area (Å²) in [5.41, 5.74) is 0.430. The van der Waals surface area contributed by atoms with Crippen LogP contribution in [0.3, 0.4) is 0 Å². The molecule has 0 aliphatic carbocycles. The third-order valence-electron chi connectivity index (χ3n) is 4.76. The minimum Gasteiger partial charge on any atom is -0.490 e. The number of rotatable bonds is 10. The van der Waals surface area contributed by atoms with Crippen molar-refractivity contribution in [2.24, 2.45) is 0 Å². The fourth-order valence-electron chi connectivity index (χ4n) is 3.28. The van der Waals surface area contributed by atoms with Gasteiger partial charge in [-0.2, -0.15) is 0 Å². The van der Waals surface area contributed by atoms with E-state index in [0.29, 0.717) is 37.9 Å². The Kier molecular flexibility index (Phi) is 7.75. The average Bonchev–Trinajstić information content (AvgIpc) is 3.27. The molecule has 0 radical (unpaired) electrons. The van der Waals surface area contributed by atoms with Gasteiger partial charge in [-0.3, -0.25) is 9.52 Å². The molecule has 1 fully saturated rings. The maximum Gasteiger partial charge on any atom is 0.262 e. The van der Waals surface area contributed by atoms with Crippen molar-refractivity contribution in [3.05, 3.63) is 48.0 Å². The summed E-state index contributed by atoms with van der Waals surface area (Å²) in [4.78, 5) is 12.7. The average molecular weight is 449 g/mol. The van der Waals surface area contributed by atoms with Gasteiger partial charge in [0.2, 0.25) is 0 Å². The number of ether oxygens (including phenoxy) is 3. The van der Waals surface area contributed by atoms with Crippen molar-refractivity contribution in [2.75, 3.05) is 31.1 Å². The fourth-order valence-corrected chi connectivity index (χ4v) is 4.37. The molecule has 31 heavy (non-hydrogen) atoms. The van der Waals surface area contributed by atoms with Gasteiger partial charge in [-0.05, 0) is 51.0 Å². The molecule has 1 saturated heterocycles. The quantitative estimate of drug-likeness (QED) is 0.579. The van der Waals surface area contributed by atoms with E-state index in [4.69, 9.17) is 14.2 Å². The van der Waals surface area contributed by atoms with Gasteiger partial charge >= 0.3 is 0 Å². The number of amides is 1. The Hall–Kier alpha value is -2.78. The molecular weight excluding hydrogens is 420 g/mol. The molecule has 1 heterocycles. The van der Waals surface area contributed by atoms with Crippen molar-refractivity contribution in [3.63, 3.8) is 0 Å². The number of benzene rings is 2. The van der Waals surface area contributed by atoms with E-state index in [9.17, 15) is 13.2 Å². The van der Waals surface area contributed by atoms with Gasteiger partial charge in [0.1, 0.15) is 0 Å². The molecule has 2 aromatic carbocycles. The predicted molar refractivity (Wildman–Crippen MR) is 117 cm³/mol. The Morgan fingerprint density at radius 1 is 1.10 bits per heavy atom. The highest BCUT2D eigenvalue weighted by molar-refractivity contribution is 7.92. The standard InChI is InChI=1S/C22H28N2O6S/c1-3-28-20-12-11-17(14-21(20)29-4-2)31(26,27)24-19-10-6-5-9-18(19)22(25)23-15-16-8-7-13-30-16/h5-6,9-12,14,16,24H,3-4,7-8,13,15H2,1-2H3,(H,23,25)/t16-/m1/s1. The number of anilines is 1. The molecule has 1 aliphatic rings. The Bertz CT molecular complexity index is 1000. The molecule has 1 atom stereocenters. The van der Waals surface area contributed by atoms with Crippen molar-refractivity contribution < 1.29 is 27.4 Å². The lowest BCUT2D eigenvalue weighted by Gasteiger charge is -2.16. The van der Waals surface area contributed by atoms with Crippen molar-refractivity contribution in [3.8, 4) is 11.5 Å². The van der Waals surface area contributed by atoms with Gasteiger partial charge in [-0.25, -0.2) is 8.42 Å². The molecule has 8 nitrogen and oxygen atoms in total. The van der Waals surface area contributed by atoms with Gasteiger partial charge in [0, 0.05) is 19.2 Å².